The number of nitrogens with zero attached hydrogens (tertiary/aromatic N) is 2. The third kappa shape index (κ3) is 2.80. The van der Waals surface area contributed by atoms with Gasteiger partial charge in [-0.2, -0.15) is 0 Å². The van der Waals surface area contributed by atoms with E-state index in [-0.39, 0.29) is 11.4 Å². The van der Waals surface area contributed by atoms with Crippen molar-refractivity contribution in [1.82, 2.24) is 10.2 Å². The van der Waals surface area contributed by atoms with Gasteiger partial charge in [0.25, 0.3) is 0 Å². The van der Waals surface area contributed by atoms with Crippen molar-refractivity contribution >= 4 is 39.5 Å². The van der Waals surface area contributed by atoms with E-state index >= 15 is 0 Å². The van der Waals surface area contributed by atoms with E-state index < -0.39 is 5.97 Å². The van der Waals surface area contributed by atoms with Crippen LogP contribution in [0.15, 0.2) is 48.5 Å². The SMILES string of the molecule is O=C(O)c1nnc2ccccc2c1Oc1ccc(I)cc1. The van der Waals surface area contributed by atoms with Crippen molar-refractivity contribution in [2.75, 3.05) is 0 Å². The standard InChI is InChI=1S/C15H9IN2O3/c16-9-5-7-10(8-6-9)21-14-11-3-1-2-4-12(11)17-18-13(14)15(19)20/h1-8H,(H,19,20). The summed E-state index contributed by atoms with van der Waals surface area (Å²) < 4.78 is 6.82. The number of benzene rings is 2. The van der Waals surface area contributed by atoms with Crippen molar-refractivity contribution in [3.8, 4) is 11.5 Å². The number of hydrogen-bond donors (Lipinski definition) is 1. The number of ether oxygens (including phenoxy) is 1. The van der Waals surface area contributed by atoms with Gasteiger partial charge in [-0.25, -0.2) is 4.79 Å². The third-order valence-electron chi connectivity index (χ3n) is 2.86. The minimum Gasteiger partial charge on any atom is -0.476 e. The Bertz CT molecular complexity index is 819. The predicted octanol–water partition coefficient (Wildman–Crippen LogP) is 3.72. The van der Waals surface area contributed by atoms with Crippen LogP contribution in [0.3, 0.4) is 0 Å². The minimum absolute atomic E-state index is 0.202. The molecule has 0 aliphatic heterocycles. The summed E-state index contributed by atoms with van der Waals surface area (Å²) in [4.78, 5) is 11.3. The highest BCUT2D eigenvalue weighted by molar-refractivity contribution is 14.1. The molecule has 0 amide bonds. The molecule has 0 spiro atoms. The molecule has 1 aromatic heterocycles. The summed E-state index contributed by atoms with van der Waals surface area (Å²) in [6, 6.07) is 14.5. The molecular formula is C15H9IN2O3. The zero-order chi connectivity index (χ0) is 14.8. The second kappa shape index (κ2) is 5.65. The number of fused-ring (bicyclic) bond motifs is 1. The highest BCUT2D eigenvalue weighted by atomic mass is 127. The van der Waals surface area contributed by atoms with Gasteiger partial charge in [-0.1, -0.05) is 12.1 Å². The van der Waals surface area contributed by atoms with Crippen LogP contribution < -0.4 is 4.74 Å². The molecule has 0 saturated heterocycles. The summed E-state index contributed by atoms with van der Waals surface area (Å²) in [6.45, 7) is 0. The van der Waals surface area contributed by atoms with Gasteiger partial charge in [-0.3, -0.25) is 0 Å². The molecular weight excluding hydrogens is 383 g/mol. The first-order valence-electron chi connectivity index (χ1n) is 6.07. The molecule has 2 aromatic carbocycles. The maximum atomic E-state index is 11.3. The lowest BCUT2D eigenvalue weighted by Crippen LogP contribution is -2.05. The number of aromatic nitrogens is 2. The number of carboxylic acids is 1. The molecule has 5 nitrogen and oxygen atoms in total. The summed E-state index contributed by atoms with van der Waals surface area (Å²) >= 11 is 2.19. The van der Waals surface area contributed by atoms with E-state index in [0.29, 0.717) is 16.7 Å². The summed E-state index contributed by atoms with van der Waals surface area (Å²) in [7, 11) is 0. The van der Waals surface area contributed by atoms with Crippen LogP contribution in [0.5, 0.6) is 11.5 Å². The van der Waals surface area contributed by atoms with Crippen LogP contribution in [0, 0.1) is 3.57 Å². The van der Waals surface area contributed by atoms with Gasteiger partial charge in [0.15, 0.2) is 5.75 Å². The number of carbonyl (C=O) groups is 1. The van der Waals surface area contributed by atoms with Crippen LogP contribution in [0.4, 0.5) is 0 Å². The van der Waals surface area contributed by atoms with E-state index in [9.17, 15) is 9.90 Å². The zero-order valence-corrected chi connectivity index (χ0v) is 12.8. The van der Waals surface area contributed by atoms with Crippen LogP contribution in [0.25, 0.3) is 10.9 Å². The maximum absolute atomic E-state index is 11.3. The van der Waals surface area contributed by atoms with Crippen molar-refractivity contribution in [3.63, 3.8) is 0 Å². The first-order chi connectivity index (χ1) is 10.1. The summed E-state index contributed by atoms with van der Waals surface area (Å²) in [5, 5.41) is 17.5. The van der Waals surface area contributed by atoms with Crippen molar-refractivity contribution in [2.24, 2.45) is 0 Å². The summed E-state index contributed by atoms with van der Waals surface area (Å²) in [6.07, 6.45) is 0. The second-order valence-corrected chi connectivity index (χ2v) is 5.50. The molecule has 0 radical (unpaired) electrons. The summed E-state index contributed by atoms with van der Waals surface area (Å²) in [5.74, 6) is -0.417. The van der Waals surface area contributed by atoms with Crippen LogP contribution in [-0.4, -0.2) is 21.3 Å². The van der Waals surface area contributed by atoms with Gasteiger partial charge in [-0.05, 0) is 59.0 Å². The molecule has 0 unspecified atom stereocenters. The van der Waals surface area contributed by atoms with E-state index in [4.69, 9.17) is 4.74 Å². The van der Waals surface area contributed by atoms with E-state index in [1.54, 1.807) is 30.3 Å². The lowest BCUT2D eigenvalue weighted by Gasteiger charge is -2.10. The average Bonchev–Trinajstić information content (AvgIpc) is 2.49. The first-order valence-corrected chi connectivity index (χ1v) is 7.15. The average molecular weight is 392 g/mol. The van der Waals surface area contributed by atoms with Gasteiger partial charge in [0, 0.05) is 8.96 Å². The Balaban J connectivity index is 2.16. The smallest absolute Gasteiger partial charge is 0.360 e. The Morgan fingerprint density at radius 3 is 2.48 bits per heavy atom. The van der Waals surface area contributed by atoms with Gasteiger partial charge in [0.05, 0.1) is 5.52 Å². The van der Waals surface area contributed by atoms with E-state index in [0.717, 1.165) is 3.57 Å². The number of carboxylic acid groups (broad SMARTS) is 1. The van der Waals surface area contributed by atoms with E-state index in [2.05, 4.69) is 32.8 Å². The van der Waals surface area contributed by atoms with Crippen LogP contribution in [0.2, 0.25) is 0 Å². The van der Waals surface area contributed by atoms with Crippen LogP contribution in [-0.2, 0) is 0 Å². The maximum Gasteiger partial charge on any atom is 0.360 e. The van der Waals surface area contributed by atoms with E-state index in [1.807, 2.05) is 18.2 Å². The highest BCUT2D eigenvalue weighted by Crippen LogP contribution is 2.31. The fourth-order valence-corrected chi connectivity index (χ4v) is 2.25. The van der Waals surface area contributed by atoms with Crippen LogP contribution in [0.1, 0.15) is 10.5 Å². The number of aromatic carboxylic acids is 1. The van der Waals surface area contributed by atoms with Gasteiger partial charge in [0.2, 0.25) is 5.69 Å². The topological polar surface area (TPSA) is 72.3 Å². The van der Waals surface area contributed by atoms with Crippen molar-refractivity contribution in [1.29, 1.82) is 0 Å². The molecule has 0 aliphatic carbocycles. The lowest BCUT2D eigenvalue weighted by molar-refractivity contribution is 0.0686. The third-order valence-corrected chi connectivity index (χ3v) is 3.58. The Morgan fingerprint density at radius 1 is 1.05 bits per heavy atom. The predicted molar refractivity (Wildman–Crippen MR) is 85.7 cm³/mol. The van der Waals surface area contributed by atoms with Crippen molar-refractivity contribution in [3.05, 3.63) is 57.8 Å². The summed E-state index contributed by atoms with van der Waals surface area (Å²) in [5.41, 5.74) is 0.385. The van der Waals surface area contributed by atoms with Gasteiger partial charge < -0.3 is 9.84 Å². The fourth-order valence-electron chi connectivity index (χ4n) is 1.89. The molecule has 0 fully saturated rings. The number of rotatable bonds is 3. The second-order valence-electron chi connectivity index (χ2n) is 4.26. The van der Waals surface area contributed by atoms with Crippen molar-refractivity contribution in [2.45, 2.75) is 0 Å². The Hall–Kier alpha value is -2.22. The molecule has 104 valence electrons. The Kier molecular flexibility index (Phi) is 3.70. The molecule has 0 aliphatic rings. The first kappa shape index (κ1) is 13.7. The molecule has 21 heavy (non-hydrogen) atoms. The quantitative estimate of drug-likeness (QED) is 0.688. The minimum atomic E-state index is -1.17. The van der Waals surface area contributed by atoms with Gasteiger partial charge in [0.1, 0.15) is 5.75 Å². The monoisotopic (exact) mass is 392 g/mol. The molecule has 6 heteroatoms. The largest absolute Gasteiger partial charge is 0.476 e. The van der Waals surface area contributed by atoms with Crippen molar-refractivity contribution < 1.29 is 14.6 Å². The molecule has 0 bridgehead atoms. The molecule has 3 aromatic rings. The normalized spacial score (nSPS) is 10.5. The number of hydrogen-bond acceptors (Lipinski definition) is 4. The van der Waals surface area contributed by atoms with Gasteiger partial charge >= 0.3 is 5.97 Å². The number of halogens is 1. The van der Waals surface area contributed by atoms with Gasteiger partial charge in [-0.15, -0.1) is 10.2 Å². The highest BCUT2D eigenvalue weighted by Gasteiger charge is 2.18. The molecule has 0 atom stereocenters. The Morgan fingerprint density at radius 2 is 1.76 bits per heavy atom. The Labute approximate surface area is 133 Å². The van der Waals surface area contributed by atoms with E-state index in [1.165, 1.54) is 0 Å². The lowest BCUT2D eigenvalue weighted by atomic mass is 10.2. The fraction of sp³-hybridized carbons (Fsp3) is 0. The molecule has 0 saturated carbocycles. The molecule has 1 heterocycles. The molecule has 3 rings (SSSR count). The zero-order valence-electron chi connectivity index (χ0n) is 10.7. The van der Waals surface area contributed by atoms with Crippen LogP contribution >= 0.6 is 22.6 Å². The molecule has 1 N–H and O–H groups in total.